The van der Waals surface area contributed by atoms with Gasteiger partial charge in [0.05, 0.1) is 6.61 Å². The van der Waals surface area contributed by atoms with Gasteiger partial charge in [0.15, 0.2) is 0 Å². The topological polar surface area (TPSA) is 76.4 Å². The van der Waals surface area contributed by atoms with Crippen molar-refractivity contribution in [2.45, 2.75) is 25.8 Å². The number of methoxy groups -OCH3 is 1. The van der Waals surface area contributed by atoms with Crippen molar-refractivity contribution >= 4 is 5.91 Å². The van der Waals surface area contributed by atoms with E-state index in [9.17, 15) is 4.79 Å². The highest BCUT2D eigenvalue weighted by molar-refractivity contribution is 5.94. The van der Waals surface area contributed by atoms with E-state index in [0.717, 1.165) is 24.9 Å². The van der Waals surface area contributed by atoms with Crippen LogP contribution in [0.1, 0.15) is 28.8 Å². The Morgan fingerprint density at radius 1 is 1.29 bits per heavy atom. The van der Waals surface area contributed by atoms with Crippen molar-refractivity contribution in [2.24, 2.45) is 5.73 Å². The van der Waals surface area contributed by atoms with Gasteiger partial charge in [0.25, 0.3) is 5.91 Å². The molecule has 21 heavy (non-hydrogen) atoms. The van der Waals surface area contributed by atoms with Crippen LogP contribution in [-0.2, 0) is 4.74 Å². The molecule has 1 rings (SSSR count). The smallest absolute Gasteiger partial charge is 0.251 e. The van der Waals surface area contributed by atoms with E-state index in [4.69, 9.17) is 10.5 Å². The summed E-state index contributed by atoms with van der Waals surface area (Å²) in [4.78, 5) is 11.9. The van der Waals surface area contributed by atoms with Crippen LogP contribution in [0.4, 0.5) is 0 Å². The van der Waals surface area contributed by atoms with Crippen LogP contribution in [0.3, 0.4) is 0 Å². The van der Waals surface area contributed by atoms with Crippen molar-refractivity contribution in [2.75, 3.05) is 33.4 Å². The van der Waals surface area contributed by atoms with Gasteiger partial charge in [-0.3, -0.25) is 4.79 Å². The second kappa shape index (κ2) is 10.3. The van der Waals surface area contributed by atoms with Crippen molar-refractivity contribution in [1.29, 1.82) is 0 Å². The minimum Gasteiger partial charge on any atom is -0.383 e. The number of ether oxygens (including phenoxy) is 1. The monoisotopic (exact) mass is 293 g/mol. The molecule has 0 bridgehead atoms. The molecule has 4 N–H and O–H groups in total. The summed E-state index contributed by atoms with van der Waals surface area (Å²) in [5, 5.41) is 6.28. The lowest BCUT2D eigenvalue weighted by molar-refractivity contribution is 0.0952. The fourth-order valence-corrected chi connectivity index (χ4v) is 2.07. The molecule has 1 unspecified atom stereocenters. The third kappa shape index (κ3) is 7.22. The Hall–Kier alpha value is -1.43. The summed E-state index contributed by atoms with van der Waals surface area (Å²) in [6, 6.07) is 7.85. The maximum absolute atomic E-state index is 11.9. The summed E-state index contributed by atoms with van der Waals surface area (Å²) in [6.07, 6.45) is 1.95. The summed E-state index contributed by atoms with van der Waals surface area (Å²) in [6.45, 7) is 4.66. The van der Waals surface area contributed by atoms with Gasteiger partial charge in [0, 0.05) is 31.8 Å². The number of nitrogens with one attached hydrogen (secondary N) is 2. The molecule has 1 atom stereocenters. The molecule has 0 saturated heterocycles. The number of hydrogen-bond donors (Lipinski definition) is 3. The Morgan fingerprint density at radius 2 is 2.00 bits per heavy atom. The summed E-state index contributed by atoms with van der Waals surface area (Å²) in [5.74, 6) is -0.0398. The largest absolute Gasteiger partial charge is 0.383 e. The first-order valence-electron chi connectivity index (χ1n) is 7.44. The first kappa shape index (κ1) is 17.6. The molecule has 1 aromatic carbocycles. The van der Waals surface area contributed by atoms with Crippen LogP contribution in [0.5, 0.6) is 0 Å². The number of rotatable bonds is 10. The SMILES string of the molecule is COCC(CCCN)NCCNC(=O)c1ccc(C)cc1. The van der Waals surface area contributed by atoms with Gasteiger partial charge in [0.2, 0.25) is 0 Å². The molecule has 5 nitrogen and oxygen atoms in total. The first-order chi connectivity index (χ1) is 10.2. The lowest BCUT2D eigenvalue weighted by atomic mass is 10.1. The Balaban J connectivity index is 2.25. The number of hydrogen-bond acceptors (Lipinski definition) is 4. The average molecular weight is 293 g/mol. The Labute approximate surface area is 127 Å². The highest BCUT2D eigenvalue weighted by Crippen LogP contribution is 2.02. The van der Waals surface area contributed by atoms with Crippen LogP contribution in [0.2, 0.25) is 0 Å². The molecule has 0 saturated carbocycles. The van der Waals surface area contributed by atoms with Crippen molar-refractivity contribution in [3.05, 3.63) is 35.4 Å². The van der Waals surface area contributed by atoms with Gasteiger partial charge >= 0.3 is 0 Å². The molecule has 1 amide bonds. The highest BCUT2D eigenvalue weighted by atomic mass is 16.5. The number of carbonyl (C=O) groups excluding carboxylic acids is 1. The molecule has 0 fully saturated rings. The van der Waals surface area contributed by atoms with Crippen molar-refractivity contribution < 1.29 is 9.53 Å². The van der Waals surface area contributed by atoms with Gasteiger partial charge < -0.3 is 21.1 Å². The summed E-state index contributed by atoms with van der Waals surface area (Å²) in [7, 11) is 1.69. The van der Waals surface area contributed by atoms with Crippen molar-refractivity contribution in [3.8, 4) is 0 Å². The number of carbonyl (C=O) groups is 1. The Bertz CT molecular complexity index is 406. The van der Waals surface area contributed by atoms with E-state index >= 15 is 0 Å². The molecule has 0 aromatic heterocycles. The van der Waals surface area contributed by atoms with E-state index in [1.165, 1.54) is 0 Å². The number of benzene rings is 1. The molecule has 0 spiro atoms. The van der Waals surface area contributed by atoms with E-state index in [1.807, 2.05) is 31.2 Å². The Morgan fingerprint density at radius 3 is 2.62 bits per heavy atom. The van der Waals surface area contributed by atoms with Crippen LogP contribution in [0.15, 0.2) is 24.3 Å². The maximum atomic E-state index is 11.9. The number of nitrogens with two attached hydrogens (primary N) is 1. The number of aryl methyl sites for hydroxylation is 1. The van der Waals surface area contributed by atoms with E-state index in [1.54, 1.807) is 7.11 Å². The molecule has 0 aliphatic rings. The van der Waals surface area contributed by atoms with Gasteiger partial charge in [-0.15, -0.1) is 0 Å². The highest BCUT2D eigenvalue weighted by Gasteiger charge is 2.08. The second-order valence-corrected chi connectivity index (χ2v) is 5.16. The zero-order chi connectivity index (χ0) is 15.5. The van der Waals surface area contributed by atoms with Crippen molar-refractivity contribution in [1.82, 2.24) is 10.6 Å². The molecular formula is C16H27N3O2. The fourth-order valence-electron chi connectivity index (χ4n) is 2.07. The lowest BCUT2D eigenvalue weighted by Crippen LogP contribution is -2.39. The first-order valence-corrected chi connectivity index (χ1v) is 7.44. The maximum Gasteiger partial charge on any atom is 0.251 e. The van der Waals surface area contributed by atoms with E-state index in [2.05, 4.69) is 10.6 Å². The summed E-state index contributed by atoms with van der Waals surface area (Å²) in [5.41, 5.74) is 7.36. The summed E-state index contributed by atoms with van der Waals surface area (Å²) >= 11 is 0. The van der Waals surface area contributed by atoms with Crippen molar-refractivity contribution in [3.63, 3.8) is 0 Å². The predicted octanol–water partition coefficient (Wildman–Crippen LogP) is 1.07. The van der Waals surface area contributed by atoms with Crippen LogP contribution < -0.4 is 16.4 Å². The van der Waals surface area contributed by atoms with E-state index in [0.29, 0.717) is 25.3 Å². The van der Waals surface area contributed by atoms with Gasteiger partial charge in [0.1, 0.15) is 0 Å². The van der Waals surface area contributed by atoms with Crippen LogP contribution >= 0.6 is 0 Å². The molecule has 0 radical (unpaired) electrons. The van der Waals surface area contributed by atoms with Crippen LogP contribution in [0, 0.1) is 6.92 Å². The van der Waals surface area contributed by atoms with Gasteiger partial charge in [-0.2, -0.15) is 0 Å². The quantitative estimate of drug-likeness (QED) is 0.564. The second-order valence-electron chi connectivity index (χ2n) is 5.16. The molecule has 0 heterocycles. The summed E-state index contributed by atoms with van der Waals surface area (Å²) < 4.78 is 5.17. The predicted molar refractivity (Wildman–Crippen MR) is 85.5 cm³/mol. The molecular weight excluding hydrogens is 266 g/mol. The van der Waals surface area contributed by atoms with E-state index < -0.39 is 0 Å². The molecule has 0 aliphatic heterocycles. The Kier molecular flexibility index (Phi) is 8.66. The molecule has 0 aliphatic carbocycles. The third-order valence-corrected chi connectivity index (χ3v) is 3.28. The molecule has 118 valence electrons. The molecule has 5 heteroatoms. The van der Waals surface area contributed by atoms with Gasteiger partial charge in [-0.05, 0) is 38.4 Å². The van der Waals surface area contributed by atoms with Crippen LogP contribution in [-0.4, -0.2) is 45.3 Å². The molecule has 1 aromatic rings. The van der Waals surface area contributed by atoms with Gasteiger partial charge in [-0.1, -0.05) is 17.7 Å². The standard InChI is InChI=1S/C16H27N3O2/c1-13-5-7-14(8-6-13)16(20)19-11-10-18-15(12-21-2)4-3-9-17/h5-8,15,18H,3-4,9-12,17H2,1-2H3,(H,19,20). The fraction of sp³-hybridized carbons (Fsp3) is 0.562. The minimum absolute atomic E-state index is 0.0398. The van der Waals surface area contributed by atoms with Crippen LogP contribution in [0.25, 0.3) is 0 Å². The van der Waals surface area contributed by atoms with E-state index in [-0.39, 0.29) is 11.9 Å². The lowest BCUT2D eigenvalue weighted by Gasteiger charge is -2.17. The minimum atomic E-state index is -0.0398. The zero-order valence-electron chi connectivity index (χ0n) is 13.0. The normalized spacial score (nSPS) is 12.1. The average Bonchev–Trinajstić information content (AvgIpc) is 2.49. The third-order valence-electron chi connectivity index (χ3n) is 3.28. The number of amides is 1. The zero-order valence-corrected chi connectivity index (χ0v) is 13.0. The van der Waals surface area contributed by atoms with Gasteiger partial charge in [-0.25, -0.2) is 0 Å².